The first-order chi connectivity index (χ1) is 20.8. The van der Waals surface area contributed by atoms with E-state index in [0.29, 0.717) is 24.4 Å². The first kappa shape index (κ1) is 30.7. The van der Waals surface area contributed by atoms with Gasteiger partial charge in [-0.1, -0.05) is 72.8 Å². The molecule has 8 heteroatoms. The molecule has 5 nitrogen and oxygen atoms in total. The normalized spacial score (nSPS) is 18.4. The minimum absolute atomic E-state index is 0.0446. The molecular weight excluding hydrogens is 564 g/mol. The van der Waals surface area contributed by atoms with Crippen LogP contribution < -0.4 is 0 Å². The molecule has 0 aliphatic carbocycles. The molecule has 2 aliphatic heterocycles. The summed E-state index contributed by atoms with van der Waals surface area (Å²) >= 11 is 1.47. The highest BCUT2D eigenvalue weighted by atomic mass is 32.2. The zero-order valence-corrected chi connectivity index (χ0v) is 25.4. The number of piperidine rings is 1. The number of carbonyl (C=O) groups excluding carboxylic acids is 2. The largest absolute Gasteiger partial charge is 0.339 e. The van der Waals surface area contributed by atoms with Crippen molar-refractivity contribution in [3.05, 3.63) is 107 Å². The number of hydrogen-bond acceptors (Lipinski definition) is 4. The lowest BCUT2D eigenvalue weighted by Crippen LogP contribution is -2.39. The summed E-state index contributed by atoms with van der Waals surface area (Å²) in [6, 6.07) is 23.7. The molecule has 0 bridgehead atoms. The van der Waals surface area contributed by atoms with Gasteiger partial charge in [0.2, 0.25) is 0 Å². The van der Waals surface area contributed by atoms with Crippen LogP contribution in [0.15, 0.2) is 95.0 Å². The van der Waals surface area contributed by atoms with E-state index in [1.54, 1.807) is 18.2 Å². The summed E-state index contributed by atoms with van der Waals surface area (Å²) in [5.74, 6) is -2.88. The van der Waals surface area contributed by atoms with Crippen LogP contribution >= 0.6 is 11.8 Å². The predicted molar refractivity (Wildman–Crippen MR) is 170 cm³/mol. The van der Waals surface area contributed by atoms with Crippen molar-refractivity contribution in [3.63, 3.8) is 0 Å². The van der Waals surface area contributed by atoms with E-state index >= 15 is 0 Å². The maximum Gasteiger partial charge on any atom is 0.273 e. The van der Waals surface area contributed by atoms with Crippen LogP contribution in [0.25, 0.3) is 11.1 Å². The Hall–Kier alpha value is -3.78. The third kappa shape index (κ3) is 7.24. The number of aliphatic imine (C=N–C) groups is 1. The van der Waals surface area contributed by atoms with Gasteiger partial charge in [0, 0.05) is 49.3 Å². The number of likely N-dealkylation sites (tertiary alicyclic amines) is 2. The SMILES string of the molecule is CS/C=C(\N=CC1CCN(C(=O)c2ccccc2-c2ccc(C(C)(F)F)cc2)CC1)C(=O)N1CCCC1c1ccccc1. The first-order valence-corrected chi connectivity index (χ1v) is 16.0. The van der Waals surface area contributed by atoms with E-state index in [9.17, 15) is 18.4 Å². The van der Waals surface area contributed by atoms with Crippen LogP contribution in [-0.2, 0) is 10.7 Å². The van der Waals surface area contributed by atoms with Crippen molar-refractivity contribution >= 4 is 29.8 Å². The third-order valence-corrected chi connectivity index (χ3v) is 8.72. The van der Waals surface area contributed by atoms with Gasteiger partial charge in [-0.3, -0.25) is 14.6 Å². The Labute approximate surface area is 256 Å². The Kier molecular flexibility index (Phi) is 9.76. The van der Waals surface area contributed by atoms with Crippen LogP contribution in [0.5, 0.6) is 0 Å². The van der Waals surface area contributed by atoms with E-state index in [0.717, 1.165) is 55.8 Å². The molecule has 1 atom stereocenters. The summed E-state index contributed by atoms with van der Waals surface area (Å²) in [4.78, 5) is 35.6. The Morgan fingerprint density at radius 2 is 1.58 bits per heavy atom. The van der Waals surface area contributed by atoms with E-state index in [1.165, 1.54) is 23.9 Å². The fourth-order valence-corrected chi connectivity index (χ4v) is 6.28. The average molecular weight is 602 g/mol. The molecule has 5 rings (SSSR count). The highest BCUT2D eigenvalue weighted by Gasteiger charge is 2.32. The van der Waals surface area contributed by atoms with E-state index < -0.39 is 5.92 Å². The number of hydrogen-bond donors (Lipinski definition) is 0. The van der Waals surface area contributed by atoms with Crippen molar-refractivity contribution in [3.8, 4) is 11.1 Å². The maximum atomic E-state index is 13.7. The maximum absolute atomic E-state index is 13.7. The molecule has 0 N–H and O–H groups in total. The third-order valence-electron chi connectivity index (χ3n) is 8.26. The second-order valence-corrected chi connectivity index (χ2v) is 11.9. The van der Waals surface area contributed by atoms with Crippen molar-refractivity contribution in [1.82, 2.24) is 9.80 Å². The van der Waals surface area contributed by atoms with Gasteiger partial charge in [-0.05, 0) is 60.6 Å². The molecule has 0 aromatic heterocycles. The second-order valence-electron chi connectivity index (χ2n) is 11.2. The fourth-order valence-electron chi connectivity index (χ4n) is 5.90. The summed E-state index contributed by atoms with van der Waals surface area (Å²) < 4.78 is 27.4. The van der Waals surface area contributed by atoms with Crippen LogP contribution in [0.1, 0.15) is 60.1 Å². The van der Waals surface area contributed by atoms with Crippen molar-refractivity contribution in [2.75, 3.05) is 25.9 Å². The summed E-state index contributed by atoms with van der Waals surface area (Å²) in [6.07, 6.45) is 7.22. The van der Waals surface area contributed by atoms with Gasteiger partial charge in [0.25, 0.3) is 17.7 Å². The Balaban J connectivity index is 1.23. The number of thioether (sulfide) groups is 1. The highest BCUT2D eigenvalue weighted by molar-refractivity contribution is 8.01. The van der Waals surface area contributed by atoms with Gasteiger partial charge >= 0.3 is 0 Å². The number of nitrogens with zero attached hydrogens (tertiary/aromatic N) is 3. The lowest BCUT2D eigenvalue weighted by atomic mass is 9.94. The molecule has 0 radical (unpaired) electrons. The molecule has 3 aromatic carbocycles. The van der Waals surface area contributed by atoms with Crippen molar-refractivity contribution in [1.29, 1.82) is 0 Å². The molecule has 2 saturated heterocycles. The number of amides is 2. The molecule has 43 heavy (non-hydrogen) atoms. The Morgan fingerprint density at radius 1 is 0.907 bits per heavy atom. The van der Waals surface area contributed by atoms with Crippen molar-refractivity contribution in [2.24, 2.45) is 10.9 Å². The van der Waals surface area contributed by atoms with Crippen molar-refractivity contribution < 1.29 is 18.4 Å². The van der Waals surface area contributed by atoms with Crippen LogP contribution in [0, 0.1) is 5.92 Å². The zero-order chi connectivity index (χ0) is 30.4. The van der Waals surface area contributed by atoms with Crippen LogP contribution in [0.2, 0.25) is 0 Å². The van der Waals surface area contributed by atoms with Crippen LogP contribution in [-0.4, -0.2) is 53.7 Å². The molecule has 224 valence electrons. The van der Waals surface area contributed by atoms with Gasteiger partial charge in [-0.15, -0.1) is 11.8 Å². The topological polar surface area (TPSA) is 53.0 Å². The molecule has 2 aliphatic rings. The molecule has 0 saturated carbocycles. The van der Waals surface area contributed by atoms with E-state index in [1.807, 2.05) is 64.1 Å². The summed E-state index contributed by atoms with van der Waals surface area (Å²) in [6.45, 7) is 2.74. The van der Waals surface area contributed by atoms with Crippen LogP contribution in [0.4, 0.5) is 8.78 Å². The summed E-state index contributed by atoms with van der Waals surface area (Å²) in [5, 5.41) is 1.82. The monoisotopic (exact) mass is 601 g/mol. The number of rotatable bonds is 8. The summed E-state index contributed by atoms with van der Waals surface area (Å²) in [5.41, 5.74) is 3.55. The minimum atomic E-state index is -2.92. The van der Waals surface area contributed by atoms with E-state index in [2.05, 4.69) is 17.1 Å². The van der Waals surface area contributed by atoms with Gasteiger partial charge in [-0.2, -0.15) is 0 Å². The number of halogens is 2. The molecule has 2 heterocycles. The number of benzene rings is 3. The fraction of sp³-hybridized carbons (Fsp3) is 0.343. The van der Waals surface area contributed by atoms with Crippen molar-refractivity contribution in [2.45, 2.75) is 44.6 Å². The number of alkyl halides is 2. The second kappa shape index (κ2) is 13.7. The standard InChI is InChI=1S/C35H37F2N3O2S/c1-35(36,37)28-16-14-26(15-17-28)29-11-6-7-12-30(29)33(41)39-21-18-25(19-22-39)23-38-31(24-43-2)34(42)40-20-8-13-32(40)27-9-4-3-5-10-27/h3-7,9-12,14-17,23-25,32H,8,13,18-22H2,1-2H3/b31-24-,38-23?. The summed E-state index contributed by atoms with van der Waals surface area (Å²) in [7, 11) is 0. The number of carbonyl (C=O) groups is 2. The molecule has 2 amide bonds. The Bertz CT molecular complexity index is 1480. The minimum Gasteiger partial charge on any atom is -0.339 e. The van der Waals surface area contributed by atoms with Gasteiger partial charge in [0.1, 0.15) is 5.70 Å². The van der Waals surface area contributed by atoms with Gasteiger partial charge in [0.15, 0.2) is 0 Å². The first-order valence-electron chi connectivity index (χ1n) is 14.8. The molecule has 2 fully saturated rings. The lowest BCUT2D eigenvalue weighted by molar-refractivity contribution is -0.128. The molecular formula is C35H37F2N3O2S. The quantitative estimate of drug-likeness (QED) is 0.195. The predicted octanol–water partition coefficient (Wildman–Crippen LogP) is 7.96. The zero-order valence-electron chi connectivity index (χ0n) is 24.6. The van der Waals surface area contributed by atoms with Gasteiger partial charge in [-0.25, -0.2) is 8.78 Å². The molecule has 0 spiro atoms. The van der Waals surface area contributed by atoms with Crippen LogP contribution in [0.3, 0.4) is 0 Å². The van der Waals surface area contributed by atoms with E-state index in [4.69, 9.17) is 0 Å². The average Bonchev–Trinajstić information content (AvgIpc) is 3.53. The highest BCUT2D eigenvalue weighted by Crippen LogP contribution is 2.34. The van der Waals surface area contributed by atoms with Gasteiger partial charge in [0.05, 0.1) is 6.04 Å². The molecule has 3 aromatic rings. The Morgan fingerprint density at radius 3 is 2.26 bits per heavy atom. The lowest BCUT2D eigenvalue weighted by Gasteiger charge is -2.31. The smallest absolute Gasteiger partial charge is 0.273 e. The van der Waals surface area contributed by atoms with E-state index in [-0.39, 0.29) is 29.3 Å². The van der Waals surface area contributed by atoms with Gasteiger partial charge < -0.3 is 9.80 Å². The molecule has 1 unspecified atom stereocenters.